The highest BCUT2D eigenvalue weighted by molar-refractivity contribution is 5.92. The van der Waals surface area contributed by atoms with Crippen LogP contribution in [0.5, 0.6) is 0 Å². The summed E-state index contributed by atoms with van der Waals surface area (Å²) in [5.41, 5.74) is 2.48. The van der Waals surface area contributed by atoms with Crippen molar-refractivity contribution in [1.29, 1.82) is 0 Å². The van der Waals surface area contributed by atoms with Crippen molar-refractivity contribution >= 4 is 23.3 Å². The highest BCUT2D eigenvalue weighted by atomic mass is 16.2. The minimum absolute atomic E-state index is 0.144. The molecule has 1 aromatic rings. The van der Waals surface area contributed by atoms with Crippen molar-refractivity contribution in [3.05, 3.63) is 36.0 Å². The number of hydrogen-bond acceptors (Lipinski definition) is 2. The Balaban J connectivity index is 1.90. The molecule has 0 aromatic heterocycles. The Kier molecular flexibility index (Phi) is 4.40. The Morgan fingerprint density at radius 3 is 2.40 bits per heavy atom. The zero-order valence-corrected chi connectivity index (χ0v) is 11.7. The molecular weight excluding hydrogens is 254 g/mol. The summed E-state index contributed by atoms with van der Waals surface area (Å²) < 4.78 is 0. The van der Waals surface area contributed by atoms with Crippen molar-refractivity contribution in [3.63, 3.8) is 0 Å². The molecule has 3 amide bonds. The molecule has 0 saturated heterocycles. The molecule has 20 heavy (non-hydrogen) atoms. The number of benzene rings is 1. The van der Waals surface area contributed by atoms with Gasteiger partial charge in [-0.1, -0.05) is 11.6 Å². The molecular formula is C15H19N3O2. The summed E-state index contributed by atoms with van der Waals surface area (Å²) in [5.74, 6) is 0.494. The topological polar surface area (TPSA) is 70.2 Å². The first kappa shape index (κ1) is 14.1. The lowest BCUT2D eigenvalue weighted by Crippen LogP contribution is -2.24. The van der Waals surface area contributed by atoms with Crippen molar-refractivity contribution in [1.82, 2.24) is 5.32 Å². The number of carbonyl (C=O) groups excluding carboxylic acids is 2. The molecule has 0 radical (unpaired) electrons. The summed E-state index contributed by atoms with van der Waals surface area (Å²) in [5, 5.41) is 8.11. The Hall–Kier alpha value is -2.30. The first-order chi connectivity index (χ1) is 9.54. The molecule has 5 nitrogen and oxygen atoms in total. The van der Waals surface area contributed by atoms with Crippen LogP contribution in [0.2, 0.25) is 0 Å². The Morgan fingerprint density at radius 1 is 1.15 bits per heavy atom. The van der Waals surface area contributed by atoms with Crippen LogP contribution in [0.1, 0.15) is 26.7 Å². The van der Waals surface area contributed by atoms with Crippen LogP contribution in [-0.2, 0) is 4.79 Å². The van der Waals surface area contributed by atoms with Crippen LogP contribution in [0.25, 0.3) is 0 Å². The molecule has 0 heterocycles. The van der Waals surface area contributed by atoms with Gasteiger partial charge in [-0.25, -0.2) is 4.79 Å². The van der Waals surface area contributed by atoms with Gasteiger partial charge in [0, 0.05) is 24.5 Å². The standard InChI is InChI=1S/C15H19N3O2/c1-10(12-6-7-12)9-16-15(20)18-14-5-3-4-13(8-14)17-11(2)19/h3-5,8-9,12H,6-7H2,1-2H3,(H,17,19)(H2,16,18,20)/b10-9+. The number of allylic oxidation sites excluding steroid dienone is 1. The number of nitrogens with one attached hydrogen (secondary N) is 3. The highest BCUT2D eigenvalue weighted by Crippen LogP contribution is 2.35. The van der Waals surface area contributed by atoms with Crippen molar-refractivity contribution in [3.8, 4) is 0 Å². The average molecular weight is 273 g/mol. The van der Waals surface area contributed by atoms with Gasteiger partial charge in [0.1, 0.15) is 0 Å². The van der Waals surface area contributed by atoms with Crippen molar-refractivity contribution in [2.45, 2.75) is 26.7 Å². The van der Waals surface area contributed by atoms with E-state index in [0.29, 0.717) is 17.3 Å². The van der Waals surface area contributed by atoms with Crippen LogP contribution >= 0.6 is 0 Å². The van der Waals surface area contributed by atoms with Crippen molar-refractivity contribution < 1.29 is 9.59 Å². The van der Waals surface area contributed by atoms with Gasteiger partial charge in [0.2, 0.25) is 5.91 Å². The van der Waals surface area contributed by atoms with E-state index in [1.54, 1.807) is 30.5 Å². The number of urea groups is 1. The van der Waals surface area contributed by atoms with Gasteiger partial charge >= 0.3 is 6.03 Å². The molecule has 5 heteroatoms. The molecule has 2 rings (SSSR count). The summed E-state index contributed by atoms with van der Waals surface area (Å²) in [7, 11) is 0. The maximum atomic E-state index is 11.7. The van der Waals surface area contributed by atoms with E-state index in [1.165, 1.54) is 25.3 Å². The van der Waals surface area contributed by atoms with E-state index in [9.17, 15) is 9.59 Å². The molecule has 1 saturated carbocycles. The van der Waals surface area contributed by atoms with Crippen molar-refractivity contribution in [2.24, 2.45) is 5.92 Å². The fraction of sp³-hybridized carbons (Fsp3) is 0.333. The summed E-state index contributed by atoms with van der Waals surface area (Å²) in [6.07, 6.45) is 4.18. The molecule has 1 aliphatic carbocycles. The maximum Gasteiger partial charge on any atom is 0.323 e. The van der Waals surface area contributed by atoms with Crippen LogP contribution in [0, 0.1) is 5.92 Å². The van der Waals surface area contributed by atoms with Gasteiger partial charge in [-0.15, -0.1) is 0 Å². The monoisotopic (exact) mass is 273 g/mol. The lowest BCUT2D eigenvalue weighted by molar-refractivity contribution is -0.114. The van der Waals surface area contributed by atoms with Crippen LogP contribution in [0.3, 0.4) is 0 Å². The first-order valence-electron chi connectivity index (χ1n) is 6.66. The molecule has 1 fully saturated rings. The SMILES string of the molecule is CC(=O)Nc1cccc(NC(=O)N/C=C(\C)C2CC2)c1. The molecule has 1 aromatic carbocycles. The molecule has 0 unspecified atom stereocenters. The Bertz CT molecular complexity index is 548. The number of carbonyl (C=O) groups is 2. The predicted octanol–water partition coefficient (Wildman–Crippen LogP) is 3.08. The molecule has 3 N–H and O–H groups in total. The minimum atomic E-state index is -0.287. The lowest BCUT2D eigenvalue weighted by atomic mass is 10.2. The first-order valence-corrected chi connectivity index (χ1v) is 6.66. The fourth-order valence-corrected chi connectivity index (χ4v) is 1.88. The largest absolute Gasteiger partial charge is 0.326 e. The molecule has 0 spiro atoms. The van der Waals surface area contributed by atoms with E-state index in [4.69, 9.17) is 0 Å². The third-order valence-corrected chi connectivity index (χ3v) is 3.09. The number of anilines is 2. The molecule has 0 atom stereocenters. The van der Waals surface area contributed by atoms with E-state index in [0.717, 1.165) is 0 Å². The Morgan fingerprint density at radius 2 is 1.80 bits per heavy atom. The second kappa shape index (κ2) is 6.23. The van der Waals surface area contributed by atoms with Gasteiger partial charge in [0.15, 0.2) is 0 Å². The van der Waals surface area contributed by atoms with E-state index >= 15 is 0 Å². The van der Waals surface area contributed by atoms with Gasteiger partial charge in [0.25, 0.3) is 0 Å². The molecule has 106 valence electrons. The normalized spacial score (nSPS) is 14.6. The molecule has 1 aliphatic rings. The van der Waals surface area contributed by atoms with Gasteiger partial charge in [-0.05, 0) is 43.9 Å². The van der Waals surface area contributed by atoms with E-state index in [-0.39, 0.29) is 11.9 Å². The number of rotatable bonds is 4. The van der Waals surface area contributed by atoms with Gasteiger partial charge in [-0.2, -0.15) is 0 Å². The van der Waals surface area contributed by atoms with Gasteiger partial charge < -0.3 is 16.0 Å². The van der Waals surface area contributed by atoms with Gasteiger partial charge in [-0.3, -0.25) is 4.79 Å². The van der Waals surface area contributed by atoms with Gasteiger partial charge in [0.05, 0.1) is 0 Å². The highest BCUT2D eigenvalue weighted by Gasteiger charge is 2.22. The molecule has 0 aliphatic heterocycles. The zero-order valence-electron chi connectivity index (χ0n) is 11.7. The van der Waals surface area contributed by atoms with Crippen LogP contribution < -0.4 is 16.0 Å². The smallest absolute Gasteiger partial charge is 0.323 e. The third kappa shape index (κ3) is 4.42. The van der Waals surface area contributed by atoms with E-state index in [2.05, 4.69) is 16.0 Å². The summed E-state index contributed by atoms with van der Waals surface area (Å²) >= 11 is 0. The van der Waals surface area contributed by atoms with E-state index < -0.39 is 0 Å². The fourth-order valence-electron chi connectivity index (χ4n) is 1.88. The quantitative estimate of drug-likeness (QED) is 0.789. The molecule has 0 bridgehead atoms. The Labute approximate surface area is 118 Å². The van der Waals surface area contributed by atoms with Crippen LogP contribution in [-0.4, -0.2) is 11.9 Å². The maximum absolute atomic E-state index is 11.7. The summed E-state index contributed by atoms with van der Waals surface area (Å²) in [6.45, 7) is 3.47. The number of hydrogen-bond donors (Lipinski definition) is 3. The van der Waals surface area contributed by atoms with Crippen LogP contribution in [0.4, 0.5) is 16.2 Å². The second-order valence-electron chi connectivity index (χ2n) is 5.02. The zero-order chi connectivity index (χ0) is 14.5. The number of amides is 3. The van der Waals surface area contributed by atoms with Crippen molar-refractivity contribution in [2.75, 3.05) is 10.6 Å². The summed E-state index contributed by atoms with van der Waals surface area (Å²) in [4.78, 5) is 22.7. The average Bonchev–Trinajstić information content (AvgIpc) is 3.19. The summed E-state index contributed by atoms with van der Waals surface area (Å²) in [6, 6.07) is 6.72. The van der Waals surface area contributed by atoms with Crippen LogP contribution in [0.15, 0.2) is 36.0 Å². The predicted molar refractivity (Wildman–Crippen MR) is 79.4 cm³/mol. The second-order valence-corrected chi connectivity index (χ2v) is 5.02. The lowest BCUT2D eigenvalue weighted by Gasteiger charge is -2.08. The minimum Gasteiger partial charge on any atom is -0.326 e. The third-order valence-electron chi connectivity index (χ3n) is 3.09. The van der Waals surface area contributed by atoms with E-state index in [1.807, 2.05) is 6.92 Å².